The molecule has 27 heavy (non-hydrogen) atoms. The third-order valence-corrected chi connectivity index (χ3v) is 5.32. The number of benzene rings is 1. The van der Waals surface area contributed by atoms with E-state index in [2.05, 4.69) is 15.7 Å². The topological polar surface area (TPSA) is 96.2 Å². The van der Waals surface area contributed by atoms with Crippen LogP contribution in [0.3, 0.4) is 0 Å². The molecule has 5 rings (SSSR count). The monoisotopic (exact) mass is 366 g/mol. The lowest BCUT2D eigenvalue weighted by Crippen LogP contribution is -2.32. The molecule has 7 heteroatoms. The number of carbonyl (C=O) groups excluding carboxylic acids is 2. The summed E-state index contributed by atoms with van der Waals surface area (Å²) in [5.41, 5.74) is 2.57. The quantitative estimate of drug-likeness (QED) is 0.708. The number of carbonyl (C=O) groups is 2. The van der Waals surface area contributed by atoms with E-state index in [9.17, 15) is 14.7 Å². The molecule has 0 bridgehead atoms. The van der Waals surface area contributed by atoms with E-state index in [1.165, 1.54) is 4.68 Å². The number of anilines is 1. The summed E-state index contributed by atoms with van der Waals surface area (Å²) < 4.78 is 1.44. The van der Waals surface area contributed by atoms with Gasteiger partial charge in [-0.15, -0.1) is 0 Å². The van der Waals surface area contributed by atoms with Gasteiger partial charge in [-0.05, 0) is 62.8 Å². The molecule has 2 aromatic rings. The van der Waals surface area contributed by atoms with Crippen molar-refractivity contribution in [2.24, 2.45) is 5.92 Å². The summed E-state index contributed by atoms with van der Waals surface area (Å²) in [4.78, 5) is 24.6. The highest BCUT2D eigenvalue weighted by Gasteiger charge is 2.33. The molecule has 2 amide bonds. The minimum absolute atomic E-state index is 0.0136. The van der Waals surface area contributed by atoms with Crippen molar-refractivity contribution in [3.63, 3.8) is 0 Å². The second-order valence-corrected chi connectivity index (χ2v) is 7.86. The van der Waals surface area contributed by atoms with Crippen LogP contribution in [0.1, 0.15) is 50.1 Å². The normalized spacial score (nSPS) is 19.0. The Morgan fingerprint density at radius 3 is 2.52 bits per heavy atom. The van der Waals surface area contributed by atoms with E-state index in [1.807, 2.05) is 6.07 Å². The van der Waals surface area contributed by atoms with Crippen molar-refractivity contribution < 1.29 is 14.7 Å². The molecule has 0 radical (unpaired) electrons. The fraction of sp³-hybridized carbons (Fsp3) is 0.450. The number of hydrogen-bond donors (Lipinski definition) is 3. The maximum atomic E-state index is 12.5. The highest BCUT2D eigenvalue weighted by atomic mass is 16.3. The van der Waals surface area contributed by atoms with Crippen molar-refractivity contribution in [2.75, 3.05) is 5.32 Å². The van der Waals surface area contributed by atoms with Crippen molar-refractivity contribution in [1.29, 1.82) is 0 Å². The van der Waals surface area contributed by atoms with Gasteiger partial charge in [0, 0.05) is 29.1 Å². The van der Waals surface area contributed by atoms with Crippen LogP contribution in [-0.4, -0.2) is 32.9 Å². The number of phenols is 1. The summed E-state index contributed by atoms with van der Waals surface area (Å²) in [6.07, 6.45) is 5.99. The van der Waals surface area contributed by atoms with Crippen LogP contribution in [0.4, 0.5) is 10.5 Å². The molecule has 140 valence electrons. The van der Waals surface area contributed by atoms with Crippen molar-refractivity contribution in [3.8, 4) is 17.0 Å². The molecule has 3 saturated carbocycles. The van der Waals surface area contributed by atoms with Crippen molar-refractivity contribution in [2.45, 2.75) is 50.5 Å². The zero-order valence-corrected chi connectivity index (χ0v) is 14.9. The number of aromatic hydroxyl groups is 1. The third kappa shape index (κ3) is 3.41. The Hall–Kier alpha value is -2.83. The highest BCUT2D eigenvalue weighted by Crippen LogP contribution is 2.42. The number of aromatic nitrogens is 2. The van der Waals surface area contributed by atoms with Gasteiger partial charge in [-0.1, -0.05) is 0 Å². The number of hydrogen-bond acceptors (Lipinski definition) is 4. The van der Waals surface area contributed by atoms with Crippen LogP contribution in [0.2, 0.25) is 0 Å². The molecule has 1 heterocycles. The summed E-state index contributed by atoms with van der Waals surface area (Å²) in [7, 11) is 0. The molecule has 0 aliphatic heterocycles. The molecule has 3 N–H and O–H groups in total. The van der Waals surface area contributed by atoms with Crippen molar-refractivity contribution in [1.82, 2.24) is 15.1 Å². The number of phenolic OH excluding ortho intramolecular Hbond substituents is 1. The predicted octanol–water partition coefficient (Wildman–Crippen LogP) is 3.20. The van der Waals surface area contributed by atoms with Crippen LogP contribution in [0, 0.1) is 5.92 Å². The van der Waals surface area contributed by atoms with E-state index in [0.717, 1.165) is 44.2 Å². The van der Waals surface area contributed by atoms with Crippen molar-refractivity contribution >= 4 is 17.6 Å². The van der Waals surface area contributed by atoms with E-state index in [0.29, 0.717) is 22.9 Å². The molecular formula is C20H22N4O3. The number of amides is 2. The summed E-state index contributed by atoms with van der Waals surface area (Å²) in [5.74, 6) is 0.541. The van der Waals surface area contributed by atoms with E-state index >= 15 is 0 Å². The van der Waals surface area contributed by atoms with Gasteiger partial charge in [0.25, 0.3) is 0 Å². The van der Waals surface area contributed by atoms with Crippen LogP contribution in [0.25, 0.3) is 11.3 Å². The molecule has 0 spiro atoms. The summed E-state index contributed by atoms with van der Waals surface area (Å²) >= 11 is 0. The Kier molecular flexibility index (Phi) is 3.70. The van der Waals surface area contributed by atoms with Gasteiger partial charge in [-0.2, -0.15) is 9.78 Å². The molecular weight excluding hydrogens is 344 g/mol. The van der Waals surface area contributed by atoms with Crippen LogP contribution in [-0.2, 0) is 4.79 Å². The molecule has 0 unspecified atom stereocenters. The van der Waals surface area contributed by atoms with Gasteiger partial charge >= 0.3 is 6.03 Å². The van der Waals surface area contributed by atoms with Crippen LogP contribution in [0.15, 0.2) is 24.3 Å². The van der Waals surface area contributed by atoms with Crippen LogP contribution < -0.4 is 10.6 Å². The first-order valence-electron chi connectivity index (χ1n) is 9.63. The summed E-state index contributed by atoms with van der Waals surface area (Å²) in [5, 5.41) is 20.7. The molecule has 3 fully saturated rings. The van der Waals surface area contributed by atoms with Gasteiger partial charge in [0.05, 0.1) is 11.4 Å². The minimum Gasteiger partial charge on any atom is -0.507 e. The lowest BCUT2D eigenvalue weighted by molar-refractivity contribution is -0.117. The first-order chi connectivity index (χ1) is 13.1. The first-order valence-corrected chi connectivity index (χ1v) is 9.63. The van der Waals surface area contributed by atoms with E-state index in [1.54, 1.807) is 18.2 Å². The Balaban J connectivity index is 1.46. The van der Waals surface area contributed by atoms with E-state index < -0.39 is 0 Å². The van der Waals surface area contributed by atoms with Gasteiger partial charge in [0.15, 0.2) is 0 Å². The first kappa shape index (κ1) is 16.4. The van der Waals surface area contributed by atoms with Gasteiger partial charge in [-0.3, -0.25) is 4.79 Å². The maximum absolute atomic E-state index is 12.5. The Morgan fingerprint density at radius 2 is 1.85 bits per heavy atom. The third-order valence-electron chi connectivity index (χ3n) is 5.32. The standard InChI is InChI=1S/C20H22N4O3/c25-18-8-7-14(21-19(26)12-3-4-12)9-15(18)16-10-17(11-1-2-11)24(23-16)20(27)22-13-5-6-13/h7-13,25H,1-6H2,(H,21,26)(H,22,27). The van der Waals surface area contributed by atoms with Gasteiger partial charge < -0.3 is 15.7 Å². The molecule has 3 aliphatic carbocycles. The summed E-state index contributed by atoms with van der Waals surface area (Å²) in [6.45, 7) is 0. The Bertz CT molecular complexity index is 923. The van der Waals surface area contributed by atoms with Gasteiger partial charge in [0.1, 0.15) is 5.75 Å². The molecule has 1 aromatic heterocycles. The second-order valence-electron chi connectivity index (χ2n) is 7.86. The number of nitrogens with one attached hydrogen (secondary N) is 2. The van der Waals surface area contributed by atoms with Gasteiger partial charge in [-0.25, -0.2) is 4.79 Å². The molecule has 1 aromatic carbocycles. The summed E-state index contributed by atoms with van der Waals surface area (Å²) in [6, 6.07) is 6.88. The fourth-order valence-electron chi connectivity index (χ4n) is 3.23. The SMILES string of the molecule is O=C(Nc1ccc(O)c(-c2cc(C3CC3)n(C(=O)NC3CC3)n2)c1)C1CC1. The predicted molar refractivity (Wildman–Crippen MR) is 99.6 cm³/mol. The maximum Gasteiger partial charge on any atom is 0.342 e. The zero-order chi connectivity index (χ0) is 18.5. The van der Waals surface area contributed by atoms with Crippen LogP contribution in [0.5, 0.6) is 5.75 Å². The van der Waals surface area contributed by atoms with Crippen LogP contribution >= 0.6 is 0 Å². The molecule has 3 aliphatic rings. The zero-order valence-electron chi connectivity index (χ0n) is 14.9. The van der Waals surface area contributed by atoms with E-state index in [4.69, 9.17) is 0 Å². The van der Waals surface area contributed by atoms with E-state index in [-0.39, 0.29) is 29.6 Å². The minimum atomic E-state index is -0.205. The van der Waals surface area contributed by atoms with Crippen molar-refractivity contribution in [3.05, 3.63) is 30.0 Å². The smallest absolute Gasteiger partial charge is 0.342 e. The second kappa shape index (κ2) is 6.11. The average Bonchev–Trinajstić information content (AvgIpc) is 3.50. The Labute approximate surface area is 156 Å². The number of rotatable bonds is 5. The Morgan fingerprint density at radius 1 is 1.07 bits per heavy atom. The molecule has 0 saturated heterocycles. The lowest BCUT2D eigenvalue weighted by atomic mass is 10.1. The molecule has 7 nitrogen and oxygen atoms in total. The highest BCUT2D eigenvalue weighted by molar-refractivity contribution is 5.95. The fourth-order valence-corrected chi connectivity index (χ4v) is 3.23. The largest absolute Gasteiger partial charge is 0.507 e. The molecule has 0 atom stereocenters. The lowest BCUT2D eigenvalue weighted by Gasteiger charge is -2.08. The number of nitrogens with zero attached hydrogens (tertiary/aromatic N) is 2. The average molecular weight is 366 g/mol. The van der Waals surface area contributed by atoms with Gasteiger partial charge in [0.2, 0.25) is 5.91 Å².